The van der Waals surface area contributed by atoms with Crippen LogP contribution in [0.5, 0.6) is 0 Å². The van der Waals surface area contributed by atoms with Gasteiger partial charge in [0.2, 0.25) is 10.0 Å². The summed E-state index contributed by atoms with van der Waals surface area (Å²) in [5.41, 5.74) is 1.55. The Morgan fingerprint density at radius 3 is 2.48 bits per heavy atom. The van der Waals surface area contributed by atoms with E-state index in [-0.39, 0.29) is 17.0 Å². The largest absolute Gasteiger partial charge is 0.449 e. The van der Waals surface area contributed by atoms with Crippen molar-refractivity contribution in [2.75, 3.05) is 11.9 Å². The number of hydrogen-bond acceptors (Lipinski definition) is 5. The molecule has 0 saturated heterocycles. The number of esters is 1. The van der Waals surface area contributed by atoms with E-state index in [4.69, 9.17) is 4.74 Å². The van der Waals surface area contributed by atoms with Crippen molar-refractivity contribution in [3.05, 3.63) is 59.7 Å². The van der Waals surface area contributed by atoms with Gasteiger partial charge in [-0.15, -0.1) is 0 Å². The molecule has 0 aromatic heterocycles. The number of benzene rings is 2. The molecule has 2 aromatic carbocycles. The molecule has 1 atom stereocenters. The van der Waals surface area contributed by atoms with E-state index in [0.29, 0.717) is 5.69 Å². The van der Waals surface area contributed by atoms with Crippen molar-refractivity contribution in [1.82, 2.24) is 4.72 Å². The second-order valence-electron chi connectivity index (χ2n) is 5.88. The quantitative estimate of drug-likeness (QED) is 0.707. The first-order valence-corrected chi connectivity index (χ1v) is 9.90. The van der Waals surface area contributed by atoms with Gasteiger partial charge in [-0.05, 0) is 43.7 Å². The first-order valence-electron chi connectivity index (χ1n) is 8.42. The minimum atomic E-state index is -3.69. The fraction of sp³-hybridized carbons (Fsp3) is 0.263. The van der Waals surface area contributed by atoms with Crippen LogP contribution in [0.15, 0.2) is 53.4 Å². The van der Waals surface area contributed by atoms with Gasteiger partial charge >= 0.3 is 5.97 Å². The molecule has 144 valence electrons. The Kier molecular flexibility index (Phi) is 6.70. The van der Waals surface area contributed by atoms with Crippen molar-refractivity contribution in [1.29, 1.82) is 0 Å². The lowest BCUT2D eigenvalue weighted by Crippen LogP contribution is -2.30. The number of para-hydroxylation sites is 1. The van der Waals surface area contributed by atoms with Gasteiger partial charge in [0.05, 0.1) is 10.5 Å². The maximum atomic E-state index is 12.3. The topological polar surface area (TPSA) is 102 Å². The van der Waals surface area contributed by atoms with Crippen LogP contribution in [-0.4, -0.2) is 32.9 Å². The van der Waals surface area contributed by atoms with E-state index < -0.39 is 28.0 Å². The van der Waals surface area contributed by atoms with Crippen LogP contribution >= 0.6 is 0 Å². The number of rotatable bonds is 7. The van der Waals surface area contributed by atoms with E-state index in [2.05, 4.69) is 10.0 Å². The summed E-state index contributed by atoms with van der Waals surface area (Å²) in [5, 5.41) is 2.70. The fourth-order valence-electron chi connectivity index (χ4n) is 2.29. The highest BCUT2D eigenvalue weighted by molar-refractivity contribution is 7.89. The molecule has 0 saturated carbocycles. The van der Waals surface area contributed by atoms with Crippen molar-refractivity contribution in [3.8, 4) is 0 Å². The lowest BCUT2D eigenvalue weighted by molar-refractivity contribution is -0.123. The smallest absolute Gasteiger partial charge is 0.338 e. The van der Waals surface area contributed by atoms with Crippen molar-refractivity contribution in [3.63, 3.8) is 0 Å². The molecule has 0 fully saturated rings. The first-order chi connectivity index (χ1) is 12.7. The Morgan fingerprint density at radius 2 is 1.81 bits per heavy atom. The fourth-order valence-corrected chi connectivity index (χ4v) is 3.38. The zero-order valence-electron chi connectivity index (χ0n) is 15.4. The molecule has 0 aliphatic carbocycles. The van der Waals surface area contributed by atoms with E-state index in [1.807, 2.05) is 19.1 Å². The third kappa shape index (κ3) is 5.38. The van der Waals surface area contributed by atoms with Gasteiger partial charge < -0.3 is 10.1 Å². The molecule has 0 heterocycles. The van der Waals surface area contributed by atoms with Gasteiger partial charge in [0.15, 0.2) is 6.10 Å². The van der Waals surface area contributed by atoms with Crippen LogP contribution in [0.3, 0.4) is 0 Å². The number of sulfonamides is 1. The Bertz CT molecular complexity index is 941. The van der Waals surface area contributed by atoms with E-state index in [1.165, 1.54) is 31.2 Å². The summed E-state index contributed by atoms with van der Waals surface area (Å²) in [6.07, 6.45) is -1.05. The van der Waals surface area contributed by atoms with Gasteiger partial charge in [0, 0.05) is 12.2 Å². The van der Waals surface area contributed by atoms with Crippen LogP contribution in [0.4, 0.5) is 5.69 Å². The summed E-state index contributed by atoms with van der Waals surface area (Å²) in [6, 6.07) is 12.7. The zero-order valence-corrected chi connectivity index (χ0v) is 16.2. The highest BCUT2D eigenvalue weighted by atomic mass is 32.2. The van der Waals surface area contributed by atoms with Gasteiger partial charge in [0.25, 0.3) is 5.91 Å². The third-order valence-corrected chi connectivity index (χ3v) is 5.31. The number of carbonyl (C=O) groups is 2. The molecule has 1 amide bonds. The van der Waals surface area contributed by atoms with Gasteiger partial charge in [-0.3, -0.25) is 4.79 Å². The van der Waals surface area contributed by atoms with Crippen molar-refractivity contribution < 1.29 is 22.7 Å². The predicted molar refractivity (Wildman–Crippen MR) is 102 cm³/mol. The third-order valence-electron chi connectivity index (χ3n) is 3.77. The van der Waals surface area contributed by atoms with Crippen molar-refractivity contribution in [2.24, 2.45) is 0 Å². The van der Waals surface area contributed by atoms with Crippen LogP contribution in [0.1, 0.15) is 29.8 Å². The molecule has 0 spiro atoms. The minimum Gasteiger partial charge on any atom is -0.449 e. The van der Waals surface area contributed by atoms with Crippen molar-refractivity contribution in [2.45, 2.75) is 31.8 Å². The average molecular weight is 390 g/mol. The molecule has 27 heavy (non-hydrogen) atoms. The summed E-state index contributed by atoms with van der Waals surface area (Å²) in [5.74, 6) is -1.26. The summed E-state index contributed by atoms with van der Waals surface area (Å²) in [7, 11) is -3.69. The molecule has 2 N–H and O–H groups in total. The van der Waals surface area contributed by atoms with Crippen molar-refractivity contribution >= 4 is 27.6 Å². The van der Waals surface area contributed by atoms with Gasteiger partial charge in [0.1, 0.15) is 0 Å². The molecule has 7 nitrogen and oxygen atoms in total. The maximum Gasteiger partial charge on any atom is 0.338 e. The zero-order chi connectivity index (χ0) is 20.0. The number of amides is 1. The Labute approximate surface area is 158 Å². The van der Waals surface area contributed by atoms with Crippen LogP contribution in [0.2, 0.25) is 0 Å². The number of carbonyl (C=O) groups excluding carboxylic acids is 2. The molecule has 0 aliphatic rings. The van der Waals surface area contributed by atoms with E-state index in [1.54, 1.807) is 19.1 Å². The average Bonchev–Trinajstić information content (AvgIpc) is 2.63. The lowest BCUT2D eigenvalue weighted by atomic mass is 10.2. The molecule has 0 bridgehead atoms. The molecule has 0 radical (unpaired) electrons. The number of nitrogens with one attached hydrogen (secondary N) is 2. The summed E-state index contributed by atoms with van der Waals surface area (Å²) in [6.45, 7) is 5.19. The van der Waals surface area contributed by atoms with Gasteiger partial charge in [-0.25, -0.2) is 17.9 Å². The molecular formula is C19H22N2O5S. The number of ether oxygens (including phenoxy) is 1. The van der Waals surface area contributed by atoms with Crippen LogP contribution in [-0.2, 0) is 19.6 Å². The minimum absolute atomic E-state index is 0.0455. The SMILES string of the molecule is CCNS(=O)(=O)c1cccc(C(=O)O[C@@H](C)C(=O)Nc2ccccc2C)c1. The Balaban J connectivity index is 2.08. The Hall–Kier alpha value is -2.71. The van der Waals surface area contributed by atoms with E-state index in [9.17, 15) is 18.0 Å². The predicted octanol–water partition coefficient (Wildman–Crippen LogP) is 2.48. The standard InChI is InChI=1S/C19H22N2O5S/c1-4-20-27(24,25)16-10-7-9-15(12-16)19(23)26-14(3)18(22)21-17-11-6-5-8-13(17)2/h5-12,14,20H,4H2,1-3H3,(H,21,22)/t14-/m0/s1. The molecule has 8 heteroatoms. The second-order valence-corrected chi connectivity index (χ2v) is 7.65. The number of hydrogen-bond donors (Lipinski definition) is 2. The van der Waals surface area contributed by atoms with Gasteiger partial charge in [-0.2, -0.15) is 0 Å². The molecule has 2 rings (SSSR count). The summed E-state index contributed by atoms with van der Waals surface area (Å²) < 4.78 is 31.6. The molecule has 0 unspecified atom stereocenters. The number of aryl methyl sites for hydroxylation is 1. The van der Waals surface area contributed by atoms with Gasteiger partial charge in [-0.1, -0.05) is 31.2 Å². The van der Waals surface area contributed by atoms with Crippen LogP contribution in [0, 0.1) is 6.92 Å². The van der Waals surface area contributed by atoms with Crippen LogP contribution < -0.4 is 10.0 Å². The lowest BCUT2D eigenvalue weighted by Gasteiger charge is -2.15. The normalized spacial score (nSPS) is 12.3. The highest BCUT2D eigenvalue weighted by Crippen LogP contribution is 2.15. The Morgan fingerprint density at radius 1 is 1.11 bits per heavy atom. The maximum absolute atomic E-state index is 12.3. The van der Waals surface area contributed by atoms with E-state index in [0.717, 1.165) is 5.56 Å². The molecular weight excluding hydrogens is 368 g/mol. The molecule has 2 aromatic rings. The monoisotopic (exact) mass is 390 g/mol. The summed E-state index contributed by atoms with van der Waals surface area (Å²) in [4.78, 5) is 24.5. The first kappa shape index (κ1) is 20.6. The van der Waals surface area contributed by atoms with E-state index >= 15 is 0 Å². The van der Waals surface area contributed by atoms with Crippen LogP contribution in [0.25, 0.3) is 0 Å². The number of anilines is 1. The summed E-state index contributed by atoms with van der Waals surface area (Å²) >= 11 is 0. The second kappa shape index (κ2) is 8.79. The molecule has 0 aliphatic heterocycles. The highest BCUT2D eigenvalue weighted by Gasteiger charge is 2.21.